The number of nitrogens with zero attached hydrogens (tertiary/aromatic N) is 3. The minimum Gasteiger partial charge on any atom is -0.439 e. The van der Waals surface area contributed by atoms with Crippen LogP contribution in [0.25, 0.3) is 11.0 Å². The first-order valence-corrected chi connectivity index (χ1v) is 10.7. The molecule has 3 aromatic heterocycles. The summed E-state index contributed by atoms with van der Waals surface area (Å²) < 4.78 is 43.9. The molecule has 0 aliphatic rings. The summed E-state index contributed by atoms with van der Waals surface area (Å²) in [7, 11) is 0. The van der Waals surface area contributed by atoms with E-state index in [-0.39, 0.29) is 5.82 Å². The van der Waals surface area contributed by atoms with Crippen molar-refractivity contribution in [1.82, 2.24) is 25.1 Å². The zero-order valence-corrected chi connectivity index (χ0v) is 18.6. The third kappa shape index (κ3) is 5.46. The molecule has 0 aliphatic carbocycles. The number of ether oxygens (including phenoxy) is 1. The maximum Gasteiger partial charge on any atom is 0.432 e. The van der Waals surface area contributed by atoms with Crippen LogP contribution < -0.4 is 15.4 Å². The van der Waals surface area contributed by atoms with Gasteiger partial charge in [-0.05, 0) is 42.0 Å². The number of benzene rings is 2. The van der Waals surface area contributed by atoms with E-state index in [1.165, 1.54) is 6.20 Å². The van der Waals surface area contributed by atoms with Gasteiger partial charge in [0.15, 0.2) is 5.82 Å². The lowest BCUT2D eigenvalue weighted by atomic mass is 10.2. The number of imidazole rings is 1. The Morgan fingerprint density at radius 1 is 1.00 bits per heavy atom. The number of nitrogens with one attached hydrogen (secondary N) is 4. The summed E-state index contributed by atoms with van der Waals surface area (Å²) in [6.45, 7) is 0.512. The second-order valence-corrected chi connectivity index (χ2v) is 7.96. The van der Waals surface area contributed by atoms with E-state index in [0.29, 0.717) is 45.9 Å². The molecule has 0 atom stereocenters. The minimum atomic E-state index is -4.48. The van der Waals surface area contributed by atoms with E-state index in [2.05, 4.69) is 30.7 Å². The molecule has 0 unspecified atom stereocenters. The van der Waals surface area contributed by atoms with E-state index in [1.54, 1.807) is 30.3 Å². The van der Waals surface area contributed by atoms with Crippen molar-refractivity contribution >= 4 is 40.1 Å². The second-order valence-electron chi connectivity index (χ2n) is 7.52. The van der Waals surface area contributed by atoms with Crippen molar-refractivity contribution in [2.24, 2.45) is 0 Å². The number of pyridine rings is 1. The van der Waals surface area contributed by atoms with Crippen LogP contribution in [-0.4, -0.2) is 25.1 Å². The number of hydrogen-bond acceptors (Lipinski definition) is 6. The van der Waals surface area contributed by atoms with Crippen molar-refractivity contribution in [1.29, 1.82) is 0 Å². The van der Waals surface area contributed by atoms with Gasteiger partial charge in [0.25, 0.3) is 0 Å². The van der Waals surface area contributed by atoms with Crippen LogP contribution in [0.4, 0.5) is 30.6 Å². The molecule has 0 saturated carbocycles. The van der Waals surface area contributed by atoms with Gasteiger partial charge < -0.3 is 20.4 Å². The monoisotopic (exact) mass is 499 g/mol. The molecule has 0 saturated heterocycles. The van der Waals surface area contributed by atoms with E-state index in [0.717, 1.165) is 11.6 Å². The number of anilines is 3. The highest BCUT2D eigenvalue weighted by Gasteiger charge is 2.33. The largest absolute Gasteiger partial charge is 0.439 e. The highest BCUT2D eigenvalue weighted by atomic mass is 35.5. The SMILES string of the molecule is FC(F)(F)c1cc(Nc2ccc3nc(NCc4ccc(Oc5ccc(Cl)cn5)cc4)[nH]c3c2)n[nH]1. The standard InChI is InChI=1S/C23H17ClF3N7O/c24-14-3-8-21(28-12-14)35-16-5-1-13(2-6-16)11-29-22-31-17-7-4-15(9-18(17)32-22)30-20-10-19(33-34-20)23(25,26)27/h1-10,12H,11H2,(H2,29,31,32)(H2,30,33,34). The van der Waals surface area contributed by atoms with E-state index in [9.17, 15) is 13.2 Å². The van der Waals surface area contributed by atoms with E-state index >= 15 is 0 Å². The normalized spacial score (nSPS) is 11.5. The van der Waals surface area contributed by atoms with Gasteiger partial charge in [-0.25, -0.2) is 9.97 Å². The summed E-state index contributed by atoms with van der Waals surface area (Å²) >= 11 is 5.83. The van der Waals surface area contributed by atoms with Crippen molar-refractivity contribution < 1.29 is 17.9 Å². The molecule has 4 N–H and O–H groups in total. The molecule has 5 rings (SSSR count). The average Bonchev–Trinajstić information content (AvgIpc) is 3.47. The average molecular weight is 500 g/mol. The molecule has 0 spiro atoms. The highest BCUT2D eigenvalue weighted by Crippen LogP contribution is 2.30. The molecule has 2 aromatic carbocycles. The zero-order chi connectivity index (χ0) is 24.4. The Kier molecular flexibility index (Phi) is 5.91. The zero-order valence-electron chi connectivity index (χ0n) is 17.8. The van der Waals surface area contributed by atoms with Crippen LogP contribution in [0.5, 0.6) is 11.6 Å². The molecule has 8 nitrogen and oxygen atoms in total. The maximum absolute atomic E-state index is 12.7. The van der Waals surface area contributed by atoms with Crippen LogP contribution in [0.1, 0.15) is 11.3 Å². The Balaban J connectivity index is 1.20. The van der Waals surface area contributed by atoms with Gasteiger partial charge in [0.1, 0.15) is 11.4 Å². The molecular weight excluding hydrogens is 483 g/mol. The van der Waals surface area contributed by atoms with E-state index in [4.69, 9.17) is 16.3 Å². The van der Waals surface area contributed by atoms with Crippen molar-refractivity contribution in [2.45, 2.75) is 12.7 Å². The molecule has 5 aromatic rings. The number of H-pyrrole nitrogens is 2. The number of aromatic amines is 2. The fraction of sp³-hybridized carbons (Fsp3) is 0.0870. The lowest BCUT2D eigenvalue weighted by molar-refractivity contribution is -0.141. The first kappa shape index (κ1) is 22.5. The first-order valence-electron chi connectivity index (χ1n) is 10.3. The Morgan fingerprint density at radius 3 is 2.54 bits per heavy atom. The predicted molar refractivity (Wildman–Crippen MR) is 126 cm³/mol. The summed E-state index contributed by atoms with van der Waals surface area (Å²) in [5.41, 5.74) is 2.07. The molecule has 0 aliphatic heterocycles. The Labute approximate surface area is 201 Å². The van der Waals surface area contributed by atoms with Gasteiger partial charge in [-0.2, -0.15) is 18.3 Å². The number of alkyl halides is 3. The van der Waals surface area contributed by atoms with Gasteiger partial charge in [-0.1, -0.05) is 23.7 Å². The van der Waals surface area contributed by atoms with Gasteiger partial charge in [-0.15, -0.1) is 0 Å². The molecule has 3 heterocycles. The summed E-state index contributed by atoms with van der Waals surface area (Å²) in [6.07, 6.45) is -2.97. The highest BCUT2D eigenvalue weighted by molar-refractivity contribution is 6.30. The molecule has 0 fully saturated rings. The second kappa shape index (κ2) is 9.18. The van der Waals surface area contributed by atoms with Gasteiger partial charge in [0.2, 0.25) is 11.8 Å². The number of aromatic nitrogens is 5. The van der Waals surface area contributed by atoms with Gasteiger partial charge in [0, 0.05) is 30.6 Å². The quantitative estimate of drug-likeness (QED) is 0.204. The molecule has 178 valence electrons. The third-order valence-electron chi connectivity index (χ3n) is 4.94. The Hall–Kier alpha value is -4.25. The smallest absolute Gasteiger partial charge is 0.432 e. The van der Waals surface area contributed by atoms with Crippen molar-refractivity contribution in [3.63, 3.8) is 0 Å². The van der Waals surface area contributed by atoms with Crippen LogP contribution in [-0.2, 0) is 12.7 Å². The Bertz CT molecular complexity index is 1450. The van der Waals surface area contributed by atoms with Gasteiger partial charge in [0.05, 0.1) is 16.1 Å². The number of fused-ring (bicyclic) bond motifs is 1. The fourth-order valence-corrected chi connectivity index (χ4v) is 3.37. The molecule has 12 heteroatoms. The third-order valence-corrected chi connectivity index (χ3v) is 5.17. The van der Waals surface area contributed by atoms with Crippen molar-refractivity contribution in [2.75, 3.05) is 10.6 Å². The summed E-state index contributed by atoms with van der Waals surface area (Å²) in [5.74, 6) is 1.71. The van der Waals surface area contributed by atoms with E-state index < -0.39 is 11.9 Å². The van der Waals surface area contributed by atoms with Gasteiger partial charge >= 0.3 is 6.18 Å². The molecule has 0 radical (unpaired) electrons. The topological polar surface area (TPSA) is 104 Å². The van der Waals surface area contributed by atoms with Gasteiger partial charge in [-0.3, -0.25) is 5.10 Å². The number of rotatable bonds is 7. The van der Waals surface area contributed by atoms with Crippen molar-refractivity contribution in [3.8, 4) is 11.6 Å². The van der Waals surface area contributed by atoms with Crippen molar-refractivity contribution in [3.05, 3.63) is 83.1 Å². The van der Waals surface area contributed by atoms with Crippen LogP contribution in [0.15, 0.2) is 66.9 Å². The summed E-state index contributed by atoms with van der Waals surface area (Å²) in [5, 5.41) is 12.2. The summed E-state index contributed by atoms with van der Waals surface area (Å²) in [6, 6.07) is 17.0. The Morgan fingerprint density at radius 2 is 1.83 bits per heavy atom. The number of halogens is 4. The lowest BCUT2D eigenvalue weighted by Crippen LogP contribution is -2.04. The molecule has 0 bridgehead atoms. The number of hydrogen-bond donors (Lipinski definition) is 4. The summed E-state index contributed by atoms with van der Waals surface area (Å²) in [4.78, 5) is 11.7. The molecule has 35 heavy (non-hydrogen) atoms. The predicted octanol–water partition coefficient (Wildman–Crippen LogP) is 6.50. The minimum absolute atomic E-state index is 0.0637. The molecule has 0 amide bonds. The molecular formula is C23H17ClF3N7O. The van der Waals surface area contributed by atoms with E-state index in [1.807, 2.05) is 29.4 Å². The fourth-order valence-electron chi connectivity index (χ4n) is 3.25. The van der Waals surface area contributed by atoms with Crippen LogP contribution in [0.3, 0.4) is 0 Å². The van der Waals surface area contributed by atoms with Crippen LogP contribution >= 0.6 is 11.6 Å². The first-order chi connectivity index (χ1) is 16.8. The maximum atomic E-state index is 12.7. The van der Waals surface area contributed by atoms with Crippen LogP contribution in [0, 0.1) is 0 Å². The van der Waals surface area contributed by atoms with Crippen LogP contribution in [0.2, 0.25) is 5.02 Å². The lowest BCUT2D eigenvalue weighted by Gasteiger charge is -2.07.